The molecular formula is C36H36N4O6S. The lowest BCUT2D eigenvalue weighted by molar-refractivity contribution is -0.117. The number of hydrogen-bond acceptors (Lipinski definition) is 7. The molecule has 242 valence electrons. The molecule has 0 saturated carbocycles. The summed E-state index contributed by atoms with van der Waals surface area (Å²) in [6.07, 6.45) is 6.20. The van der Waals surface area contributed by atoms with Gasteiger partial charge < -0.3 is 15.1 Å². The van der Waals surface area contributed by atoms with Gasteiger partial charge in [0, 0.05) is 29.6 Å². The molecule has 0 aliphatic carbocycles. The number of nitrogens with one attached hydrogen (secondary N) is 2. The summed E-state index contributed by atoms with van der Waals surface area (Å²) < 4.78 is 36.5. The Hall–Kier alpha value is -5.13. The van der Waals surface area contributed by atoms with Gasteiger partial charge in [0.05, 0.1) is 11.7 Å². The van der Waals surface area contributed by atoms with Gasteiger partial charge in [-0.25, -0.2) is 9.97 Å². The smallest absolute Gasteiger partial charge is 0.266 e. The van der Waals surface area contributed by atoms with Crippen molar-refractivity contribution in [3.63, 3.8) is 0 Å². The van der Waals surface area contributed by atoms with E-state index in [0.29, 0.717) is 34.8 Å². The van der Waals surface area contributed by atoms with Crippen molar-refractivity contribution in [3.05, 3.63) is 119 Å². The van der Waals surface area contributed by atoms with Crippen LogP contribution in [-0.4, -0.2) is 47.1 Å². The number of allylic oxidation sites excluding steroid dienone is 1. The summed E-state index contributed by atoms with van der Waals surface area (Å²) in [6.45, 7) is 6.17. The molecule has 3 N–H and O–H groups in total. The lowest BCUT2D eigenvalue weighted by atomic mass is 9.89. The third-order valence-corrected chi connectivity index (χ3v) is 8.02. The number of carbonyl (C=O) groups is 2. The van der Waals surface area contributed by atoms with Crippen LogP contribution in [0.1, 0.15) is 53.7 Å². The molecule has 5 rings (SSSR count). The number of fused-ring (bicyclic) bond motifs is 1. The number of anilines is 1. The molecule has 0 saturated heterocycles. The minimum absolute atomic E-state index is 0.0353. The van der Waals surface area contributed by atoms with E-state index >= 15 is 0 Å². The second-order valence-corrected chi connectivity index (χ2v) is 13.8. The van der Waals surface area contributed by atoms with Crippen LogP contribution in [0.3, 0.4) is 0 Å². The molecule has 0 aliphatic rings. The summed E-state index contributed by atoms with van der Waals surface area (Å²) in [6, 6.07) is 25.5. The molecule has 0 fully saturated rings. The zero-order valence-corrected chi connectivity index (χ0v) is 27.1. The third-order valence-electron chi connectivity index (χ3n) is 7.30. The Morgan fingerprint density at radius 3 is 2.30 bits per heavy atom. The van der Waals surface area contributed by atoms with Gasteiger partial charge >= 0.3 is 0 Å². The second kappa shape index (κ2) is 14.1. The van der Waals surface area contributed by atoms with E-state index in [4.69, 9.17) is 8.97 Å². The summed E-state index contributed by atoms with van der Waals surface area (Å²) >= 11 is 0. The first kappa shape index (κ1) is 33.2. The van der Waals surface area contributed by atoms with Crippen molar-refractivity contribution in [1.82, 2.24) is 15.3 Å². The predicted molar refractivity (Wildman–Crippen MR) is 182 cm³/mol. The summed E-state index contributed by atoms with van der Waals surface area (Å²) in [4.78, 5) is 34.9. The van der Waals surface area contributed by atoms with Gasteiger partial charge in [0.25, 0.3) is 16.0 Å². The van der Waals surface area contributed by atoms with Crippen LogP contribution >= 0.6 is 0 Å². The second-order valence-electron chi connectivity index (χ2n) is 12.3. The van der Waals surface area contributed by atoms with E-state index in [0.717, 1.165) is 22.3 Å². The van der Waals surface area contributed by atoms with Crippen molar-refractivity contribution < 1.29 is 27.0 Å². The maximum Gasteiger partial charge on any atom is 0.266 e. The molecule has 47 heavy (non-hydrogen) atoms. The first-order chi connectivity index (χ1) is 22.3. The fourth-order valence-electron chi connectivity index (χ4n) is 4.79. The molecule has 11 heteroatoms. The standard InChI is InChI=1S/C36H36N4O6S/c1-36(2,3)19-18-24-6-10-26(11-7-24)30(23-25-8-12-27(13-9-25)32(41)37-21-22-47(43,44)45)33(42)39-29-16-14-28(15-17-29)34-40-31-5-4-20-38-35(31)46-34/h4-20,30H,21-23H2,1-3H3,(H,37,41)(H,39,42)(H,43,44,45)/b19-18+. The Morgan fingerprint density at radius 1 is 0.957 bits per heavy atom. The van der Waals surface area contributed by atoms with Crippen molar-refractivity contribution >= 4 is 44.9 Å². The summed E-state index contributed by atoms with van der Waals surface area (Å²) in [5, 5.41) is 5.51. The number of amides is 2. The molecule has 1 atom stereocenters. The van der Waals surface area contributed by atoms with E-state index in [9.17, 15) is 18.0 Å². The average Bonchev–Trinajstić information content (AvgIpc) is 3.47. The van der Waals surface area contributed by atoms with Crippen molar-refractivity contribution in [1.29, 1.82) is 0 Å². The highest BCUT2D eigenvalue weighted by Gasteiger charge is 2.22. The van der Waals surface area contributed by atoms with E-state index < -0.39 is 27.7 Å². The first-order valence-electron chi connectivity index (χ1n) is 15.1. The molecule has 5 aromatic rings. The largest absolute Gasteiger partial charge is 0.418 e. The van der Waals surface area contributed by atoms with Crippen LogP contribution in [-0.2, 0) is 21.3 Å². The minimum Gasteiger partial charge on any atom is -0.418 e. The molecule has 3 aromatic carbocycles. The summed E-state index contributed by atoms with van der Waals surface area (Å²) in [5.74, 6) is -1.35. The number of benzene rings is 3. The van der Waals surface area contributed by atoms with Crippen molar-refractivity contribution in [2.75, 3.05) is 17.6 Å². The maximum atomic E-state index is 13.8. The molecule has 0 aliphatic heterocycles. The molecule has 0 bridgehead atoms. The number of oxazole rings is 1. The number of nitrogens with zero attached hydrogens (tertiary/aromatic N) is 2. The highest BCUT2D eigenvalue weighted by molar-refractivity contribution is 7.85. The van der Waals surface area contributed by atoms with Gasteiger partial charge in [0.1, 0.15) is 5.52 Å². The van der Waals surface area contributed by atoms with Crippen LogP contribution in [0, 0.1) is 5.41 Å². The number of hydrogen-bond donors (Lipinski definition) is 3. The van der Waals surface area contributed by atoms with Gasteiger partial charge in [-0.1, -0.05) is 69.3 Å². The monoisotopic (exact) mass is 652 g/mol. The highest BCUT2D eigenvalue weighted by atomic mass is 32.2. The molecule has 2 amide bonds. The number of rotatable bonds is 11. The van der Waals surface area contributed by atoms with Gasteiger partial charge in [-0.2, -0.15) is 8.42 Å². The van der Waals surface area contributed by atoms with E-state index in [1.807, 2.05) is 42.5 Å². The maximum absolute atomic E-state index is 13.8. The van der Waals surface area contributed by atoms with E-state index in [-0.39, 0.29) is 17.9 Å². The zero-order valence-electron chi connectivity index (χ0n) is 26.3. The Morgan fingerprint density at radius 2 is 1.66 bits per heavy atom. The zero-order chi connectivity index (χ0) is 33.6. The summed E-state index contributed by atoms with van der Waals surface area (Å²) in [7, 11) is -4.18. The molecule has 0 radical (unpaired) electrons. The minimum atomic E-state index is -4.18. The quantitative estimate of drug-likeness (QED) is 0.136. The van der Waals surface area contributed by atoms with Gasteiger partial charge in [-0.05, 0) is 77.1 Å². The lowest BCUT2D eigenvalue weighted by Gasteiger charge is -2.18. The fraction of sp³-hybridized carbons (Fsp3) is 0.222. The number of pyridine rings is 1. The van der Waals surface area contributed by atoms with Crippen LogP contribution in [0.5, 0.6) is 0 Å². The van der Waals surface area contributed by atoms with E-state index in [1.54, 1.807) is 48.7 Å². The third kappa shape index (κ3) is 9.44. The van der Waals surface area contributed by atoms with Crippen LogP contribution in [0.2, 0.25) is 0 Å². The molecule has 2 heterocycles. The summed E-state index contributed by atoms with van der Waals surface area (Å²) in [5.41, 5.74) is 5.52. The number of aromatic nitrogens is 2. The van der Waals surface area contributed by atoms with E-state index in [1.165, 1.54) is 0 Å². The molecule has 1 unspecified atom stereocenters. The molecule has 2 aromatic heterocycles. The topological polar surface area (TPSA) is 151 Å². The average molecular weight is 653 g/mol. The fourth-order valence-corrected chi connectivity index (χ4v) is 5.15. The normalized spacial score (nSPS) is 12.7. The molecule has 0 spiro atoms. The Kier molecular flexibility index (Phi) is 9.97. The van der Waals surface area contributed by atoms with Gasteiger partial charge in [0.15, 0.2) is 0 Å². The molecular weight excluding hydrogens is 616 g/mol. The Labute approximate surface area is 273 Å². The predicted octanol–water partition coefficient (Wildman–Crippen LogP) is 6.53. The van der Waals surface area contributed by atoms with Crippen molar-refractivity contribution in [2.45, 2.75) is 33.1 Å². The number of carbonyl (C=O) groups excluding carboxylic acids is 2. The van der Waals surface area contributed by atoms with Crippen molar-refractivity contribution in [3.8, 4) is 11.5 Å². The molecule has 10 nitrogen and oxygen atoms in total. The Bertz CT molecular complexity index is 1960. The first-order valence-corrected chi connectivity index (χ1v) is 16.7. The van der Waals surface area contributed by atoms with Gasteiger partial charge in [-0.3, -0.25) is 14.1 Å². The van der Waals surface area contributed by atoms with Crippen LogP contribution in [0.25, 0.3) is 28.8 Å². The highest BCUT2D eigenvalue weighted by Crippen LogP contribution is 2.27. The van der Waals surface area contributed by atoms with Crippen LogP contribution in [0.4, 0.5) is 5.69 Å². The van der Waals surface area contributed by atoms with Gasteiger partial charge in [0.2, 0.25) is 17.5 Å². The van der Waals surface area contributed by atoms with Crippen molar-refractivity contribution in [2.24, 2.45) is 5.41 Å². The Balaban J connectivity index is 1.33. The lowest BCUT2D eigenvalue weighted by Crippen LogP contribution is -2.28. The van der Waals surface area contributed by atoms with E-state index in [2.05, 4.69) is 53.5 Å². The SMILES string of the molecule is CC(C)(C)/C=C/c1ccc(C(Cc2ccc(C(=O)NCCS(=O)(=O)O)cc2)C(=O)Nc2ccc(-c3nc4cccnc4o3)cc2)cc1. The van der Waals surface area contributed by atoms with Crippen LogP contribution in [0.15, 0.2) is 102 Å². The van der Waals surface area contributed by atoms with Crippen LogP contribution < -0.4 is 10.6 Å². The van der Waals surface area contributed by atoms with Gasteiger partial charge in [-0.15, -0.1) is 0 Å².